The lowest BCUT2D eigenvalue weighted by molar-refractivity contribution is -0.159. The first-order valence-corrected chi connectivity index (χ1v) is 11.3. The van der Waals surface area contributed by atoms with Gasteiger partial charge in [0.05, 0.1) is 14.2 Å². The molecule has 9 nitrogen and oxygen atoms in total. The molecule has 0 bridgehead atoms. The average Bonchev–Trinajstić information content (AvgIpc) is 2.84. The fourth-order valence-corrected chi connectivity index (χ4v) is 3.66. The molecule has 178 valence electrons. The highest BCUT2D eigenvalue weighted by molar-refractivity contribution is 7.98. The molecule has 10 heteroatoms. The number of carboxylic acids is 2. The number of carboxylic acid groups (broad SMARTS) is 2. The molecule has 0 aliphatic carbocycles. The summed E-state index contributed by atoms with van der Waals surface area (Å²) in [7, 11) is 3.17. The lowest BCUT2D eigenvalue weighted by atomic mass is 10.1. The van der Waals surface area contributed by atoms with Crippen LogP contribution in [-0.2, 0) is 16.1 Å². The first kappa shape index (κ1) is 26.0. The van der Waals surface area contributed by atoms with Gasteiger partial charge in [0.2, 0.25) is 0 Å². The Morgan fingerprint density at radius 3 is 1.94 bits per heavy atom. The van der Waals surface area contributed by atoms with Crippen molar-refractivity contribution in [2.24, 2.45) is 0 Å². The van der Waals surface area contributed by atoms with Gasteiger partial charge in [0, 0.05) is 43.2 Å². The van der Waals surface area contributed by atoms with Crippen LogP contribution in [-0.4, -0.2) is 84.5 Å². The van der Waals surface area contributed by atoms with Crippen LogP contribution >= 0.6 is 11.8 Å². The third-order valence-electron chi connectivity index (χ3n) is 5.04. The van der Waals surface area contributed by atoms with Crippen molar-refractivity contribution in [3.05, 3.63) is 53.6 Å². The third kappa shape index (κ3) is 7.69. The molecule has 3 rings (SSSR count). The van der Waals surface area contributed by atoms with Gasteiger partial charge in [-0.05, 0) is 42.2 Å². The summed E-state index contributed by atoms with van der Waals surface area (Å²) in [4.78, 5) is 36.6. The Hall–Kier alpha value is -3.24. The Bertz CT molecular complexity index is 946. The first-order valence-electron chi connectivity index (χ1n) is 10.1. The lowest BCUT2D eigenvalue weighted by Gasteiger charge is -2.35. The molecule has 1 aliphatic rings. The maximum atomic E-state index is 12.8. The van der Waals surface area contributed by atoms with E-state index in [1.807, 2.05) is 4.90 Å². The monoisotopic (exact) mass is 476 g/mol. The van der Waals surface area contributed by atoms with Gasteiger partial charge in [0.25, 0.3) is 5.91 Å². The number of carbonyl (C=O) groups excluding carboxylic acids is 1. The molecule has 0 saturated carbocycles. The van der Waals surface area contributed by atoms with E-state index in [-0.39, 0.29) is 5.91 Å². The minimum Gasteiger partial charge on any atom is -0.493 e. The van der Waals surface area contributed by atoms with Gasteiger partial charge in [-0.25, -0.2) is 9.59 Å². The number of ether oxygens (including phenoxy) is 2. The quantitative estimate of drug-likeness (QED) is 0.479. The second kappa shape index (κ2) is 12.7. The zero-order chi connectivity index (χ0) is 24.4. The number of hydrogen-bond acceptors (Lipinski definition) is 7. The van der Waals surface area contributed by atoms with Gasteiger partial charge in [-0.3, -0.25) is 9.69 Å². The molecule has 0 unspecified atom stereocenters. The van der Waals surface area contributed by atoms with Crippen molar-refractivity contribution in [1.29, 1.82) is 0 Å². The Labute approximate surface area is 196 Å². The number of rotatable bonds is 6. The van der Waals surface area contributed by atoms with Gasteiger partial charge in [0.15, 0.2) is 11.5 Å². The Balaban J connectivity index is 0.000000569. The molecule has 2 aromatic rings. The topological polar surface area (TPSA) is 117 Å². The number of benzene rings is 2. The Morgan fingerprint density at radius 2 is 1.45 bits per heavy atom. The summed E-state index contributed by atoms with van der Waals surface area (Å²) >= 11 is 1.76. The standard InChI is InChI=1S/C21H26N2O3S.C2H2O4/c1-25-19-9-6-17(14-20(19)26-2)21(24)23-12-10-22(11-13-23)15-16-4-7-18(27-3)8-5-16;3-1(4)2(5)6/h4-9,14H,10-13,15H2,1-3H3;(H,3,4)(H,5,6). The van der Waals surface area contributed by atoms with Crippen LogP contribution in [0.4, 0.5) is 0 Å². The number of aliphatic carboxylic acids is 2. The number of methoxy groups -OCH3 is 2. The minimum atomic E-state index is -1.82. The molecule has 1 heterocycles. The van der Waals surface area contributed by atoms with Crippen molar-refractivity contribution in [2.45, 2.75) is 11.4 Å². The highest BCUT2D eigenvalue weighted by Crippen LogP contribution is 2.28. The predicted molar refractivity (Wildman–Crippen MR) is 124 cm³/mol. The summed E-state index contributed by atoms with van der Waals surface area (Å²) < 4.78 is 10.6. The molecular weight excluding hydrogens is 448 g/mol. The van der Waals surface area contributed by atoms with Crippen LogP contribution in [0.25, 0.3) is 0 Å². The van der Waals surface area contributed by atoms with Gasteiger partial charge in [-0.1, -0.05) is 12.1 Å². The number of amides is 1. The van der Waals surface area contributed by atoms with Gasteiger partial charge >= 0.3 is 11.9 Å². The molecule has 2 aromatic carbocycles. The van der Waals surface area contributed by atoms with E-state index in [0.29, 0.717) is 17.1 Å². The van der Waals surface area contributed by atoms with Crippen molar-refractivity contribution in [3.8, 4) is 11.5 Å². The zero-order valence-electron chi connectivity index (χ0n) is 18.8. The fraction of sp³-hybridized carbons (Fsp3) is 0.348. The van der Waals surface area contributed by atoms with E-state index < -0.39 is 11.9 Å². The van der Waals surface area contributed by atoms with E-state index in [1.165, 1.54) is 10.5 Å². The lowest BCUT2D eigenvalue weighted by Crippen LogP contribution is -2.48. The molecule has 1 aliphatic heterocycles. The van der Waals surface area contributed by atoms with Crippen molar-refractivity contribution in [1.82, 2.24) is 9.80 Å². The number of nitrogens with zero attached hydrogens (tertiary/aromatic N) is 2. The highest BCUT2D eigenvalue weighted by atomic mass is 32.2. The smallest absolute Gasteiger partial charge is 0.414 e. The Kier molecular flexibility index (Phi) is 10.0. The van der Waals surface area contributed by atoms with E-state index in [0.717, 1.165) is 32.7 Å². The zero-order valence-corrected chi connectivity index (χ0v) is 19.6. The first-order chi connectivity index (χ1) is 15.8. The van der Waals surface area contributed by atoms with Crippen molar-refractivity contribution in [3.63, 3.8) is 0 Å². The minimum absolute atomic E-state index is 0.0416. The maximum absolute atomic E-state index is 12.8. The summed E-state index contributed by atoms with van der Waals surface area (Å²) in [5.41, 5.74) is 1.95. The summed E-state index contributed by atoms with van der Waals surface area (Å²) in [6, 6.07) is 14.0. The molecule has 0 radical (unpaired) electrons. The molecule has 33 heavy (non-hydrogen) atoms. The Morgan fingerprint density at radius 1 is 0.879 bits per heavy atom. The van der Waals surface area contributed by atoms with Crippen molar-refractivity contribution >= 4 is 29.6 Å². The van der Waals surface area contributed by atoms with Gasteiger partial charge in [-0.2, -0.15) is 0 Å². The number of carbonyl (C=O) groups is 3. The normalized spacial score (nSPS) is 13.5. The van der Waals surface area contributed by atoms with Crippen LogP contribution in [0.1, 0.15) is 15.9 Å². The number of piperazine rings is 1. The molecule has 0 spiro atoms. The van der Waals surface area contributed by atoms with E-state index in [1.54, 1.807) is 44.2 Å². The van der Waals surface area contributed by atoms with E-state index >= 15 is 0 Å². The van der Waals surface area contributed by atoms with Gasteiger partial charge < -0.3 is 24.6 Å². The van der Waals surface area contributed by atoms with Crippen LogP contribution in [0.3, 0.4) is 0 Å². The van der Waals surface area contributed by atoms with E-state index in [4.69, 9.17) is 29.3 Å². The molecule has 2 N–H and O–H groups in total. The summed E-state index contributed by atoms with van der Waals surface area (Å²) in [6.07, 6.45) is 2.09. The van der Waals surface area contributed by atoms with Crippen LogP contribution in [0, 0.1) is 0 Å². The number of hydrogen-bond donors (Lipinski definition) is 2. The molecule has 1 amide bonds. The highest BCUT2D eigenvalue weighted by Gasteiger charge is 2.23. The largest absolute Gasteiger partial charge is 0.493 e. The van der Waals surface area contributed by atoms with Crippen LogP contribution in [0.2, 0.25) is 0 Å². The second-order valence-electron chi connectivity index (χ2n) is 7.10. The van der Waals surface area contributed by atoms with E-state index in [2.05, 4.69) is 35.4 Å². The summed E-state index contributed by atoms with van der Waals surface area (Å²) in [6.45, 7) is 4.14. The predicted octanol–water partition coefficient (Wildman–Crippen LogP) is 2.54. The van der Waals surface area contributed by atoms with Crippen LogP contribution < -0.4 is 9.47 Å². The second-order valence-corrected chi connectivity index (χ2v) is 7.98. The summed E-state index contributed by atoms with van der Waals surface area (Å²) in [5.74, 6) is -2.40. The van der Waals surface area contributed by atoms with Gasteiger partial charge in [0.1, 0.15) is 0 Å². The van der Waals surface area contributed by atoms with Crippen molar-refractivity contribution in [2.75, 3.05) is 46.7 Å². The summed E-state index contributed by atoms with van der Waals surface area (Å²) in [5, 5.41) is 14.8. The maximum Gasteiger partial charge on any atom is 0.414 e. The molecule has 0 aromatic heterocycles. The molecule has 0 atom stereocenters. The van der Waals surface area contributed by atoms with E-state index in [9.17, 15) is 4.79 Å². The number of thioether (sulfide) groups is 1. The van der Waals surface area contributed by atoms with Gasteiger partial charge in [-0.15, -0.1) is 11.8 Å². The average molecular weight is 477 g/mol. The fourth-order valence-electron chi connectivity index (χ4n) is 3.25. The molecule has 1 saturated heterocycles. The van der Waals surface area contributed by atoms with Crippen molar-refractivity contribution < 1.29 is 34.1 Å². The SMILES string of the molecule is COc1ccc(C(=O)N2CCN(Cc3ccc(SC)cc3)CC2)cc1OC.O=C(O)C(=O)O. The van der Waals surface area contributed by atoms with Crippen LogP contribution in [0.15, 0.2) is 47.4 Å². The molecule has 1 fully saturated rings. The van der Waals surface area contributed by atoms with Crippen LogP contribution in [0.5, 0.6) is 11.5 Å². The molecular formula is C23H28N2O7S. The third-order valence-corrected chi connectivity index (χ3v) is 5.78.